The first-order valence-electron chi connectivity index (χ1n) is 5.34. The van der Waals surface area contributed by atoms with Gasteiger partial charge in [-0.05, 0) is 50.1 Å². The van der Waals surface area contributed by atoms with E-state index in [4.69, 9.17) is 4.74 Å². The molecule has 104 valence electrons. The van der Waals surface area contributed by atoms with Gasteiger partial charge in [-0.25, -0.2) is 14.4 Å². The minimum atomic E-state index is -0.534. The molecule has 0 saturated heterocycles. The number of hydrogen-bond acceptors (Lipinski definition) is 4. The molecule has 0 bridgehead atoms. The maximum atomic E-state index is 13.3. The number of anilines is 1. The monoisotopic (exact) mass is 403 g/mol. The van der Waals surface area contributed by atoms with Gasteiger partial charge in [-0.2, -0.15) is 0 Å². The number of nitrogens with zero attached hydrogens (tertiary/aromatic N) is 2. The SMILES string of the molecule is COc1cc(C(=O)Nc2ncc(Br)nc2Br)ccc1F. The largest absolute Gasteiger partial charge is 0.494 e. The zero-order valence-electron chi connectivity index (χ0n) is 10.2. The molecule has 0 atom stereocenters. The summed E-state index contributed by atoms with van der Waals surface area (Å²) in [4.78, 5) is 20.1. The molecule has 8 heteroatoms. The van der Waals surface area contributed by atoms with E-state index in [2.05, 4.69) is 47.1 Å². The summed E-state index contributed by atoms with van der Waals surface area (Å²) < 4.78 is 19.0. The third-order valence-corrected chi connectivity index (χ3v) is 3.28. The van der Waals surface area contributed by atoms with Crippen molar-refractivity contribution in [1.82, 2.24) is 9.97 Å². The second-order valence-electron chi connectivity index (χ2n) is 3.64. The molecule has 0 aliphatic heterocycles. The quantitative estimate of drug-likeness (QED) is 0.851. The molecule has 0 fully saturated rings. The molecule has 1 N–H and O–H groups in total. The number of amides is 1. The Morgan fingerprint density at radius 2 is 2.15 bits per heavy atom. The molecule has 0 radical (unpaired) electrons. The maximum absolute atomic E-state index is 13.3. The van der Waals surface area contributed by atoms with Crippen molar-refractivity contribution in [3.63, 3.8) is 0 Å². The Bertz CT molecular complexity index is 667. The van der Waals surface area contributed by atoms with Gasteiger partial charge in [0, 0.05) is 5.56 Å². The van der Waals surface area contributed by atoms with Crippen molar-refractivity contribution in [1.29, 1.82) is 0 Å². The fourth-order valence-corrected chi connectivity index (χ4v) is 2.32. The average molecular weight is 405 g/mol. The standard InChI is InChI=1S/C12H8Br2FN3O2/c1-20-8-4-6(2-3-7(8)15)12(19)18-11-10(14)17-9(13)5-16-11/h2-5H,1H3,(H,16,18,19). The van der Waals surface area contributed by atoms with E-state index in [-0.39, 0.29) is 17.1 Å². The van der Waals surface area contributed by atoms with Crippen LogP contribution in [0.2, 0.25) is 0 Å². The summed E-state index contributed by atoms with van der Waals surface area (Å²) in [5.41, 5.74) is 0.250. The first-order valence-corrected chi connectivity index (χ1v) is 6.93. The van der Waals surface area contributed by atoms with Crippen LogP contribution >= 0.6 is 31.9 Å². The number of aromatic nitrogens is 2. The predicted molar refractivity (Wildman–Crippen MR) is 78.3 cm³/mol. The minimum absolute atomic E-state index is 0.00129. The summed E-state index contributed by atoms with van der Waals surface area (Å²) in [5, 5.41) is 2.57. The lowest BCUT2D eigenvalue weighted by atomic mass is 10.2. The minimum Gasteiger partial charge on any atom is -0.494 e. The van der Waals surface area contributed by atoms with Gasteiger partial charge in [0.2, 0.25) is 0 Å². The van der Waals surface area contributed by atoms with Gasteiger partial charge in [0.05, 0.1) is 13.3 Å². The Hall–Kier alpha value is -1.54. The number of halogens is 3. The molecule has 1 aromatic heterocycles. The van der Waals surface area contributed by atoms with Gasteiger partial charge in [-0.1, -0.05) is 0 Å². The van der Waals surface area contributed by atoms with Crippen molar-refractivity contribution in [3.05, 3.63) is 45.0 Å². The maximum Gasteiger partial charge on any atom is 0.257 e. The molecular weight excluding hydrogens is 397 g/mol. The molecule has 1 aromatic carbocycles. The van der Waals surface area contributed by atoms with Gasteiger partial charge in [0.1, 0.15) is 9.21 Å². The molecule has 0 unspecified atom stereocenters. The molecule has 1 amide bonds. The van der Waals surface area contributed by atoms with Crippen LogP contribution in [-0.4, -0.2) is 23.0 Å². The van der Waals surface area contributed by atoms with E-state index in [9.17, 15) is 9.18 Å². The Morgan fingerprint density at radius 3 is 2.80 bits per heavy atom. The Balaban J connectivity index is 2.24. The van der Waals surface area contributed by atoms with Crippen LogP contribution in [-0.2, 0) is 0 Å². The highest BCUT2D eigenvalue weighted by molar-refractivity contribution is 9.11. The smallest absolute Gasteiger partial charge is 0.257 e. The van der Waals surface area contributed by atoms with E-state index in [1.165, 1.54) is 25.4 Å². The first kappa shape index (κ1) is 14.9. The summed E-state index contributed by atoms with van der Waals surface area (Å²) in [6.45, 7) is 0. The molecule has 0 aliphatic carbocycles. The molecule has 0 aliphatic rings. The van der Waals surface area contributed by atoms with Crippen LogP contribution < -0.4 is 10.1 Å². The molecule has 0 saturated carbocycles. The van der Waals surface area contributed by atoms with Crippen molar-refractivity contribution < 1.29 is 13.9 Å². The molecular formula is C12H8Br2FN3O2. The first-order chi connectivity index (χ1) is 9.51. The average Bonchev–Trinajstić information content (AvgIpc) is 2.42. The number of nitrogens with one attached hydrogen (secondary N) is 1. The Morgan fingerprint density at radius 1 is 1.40 bits per heavy atom. The summed E-state index contributed by atoms with van der Waals surface area (Å²) in [6, 6.07) is 3.83. The van der Waals surface area contributed by atoms with E-state index in [0.29, 0.717) is 9.21 Å². The Labute approximate surface area is 130 Å². The van der Waals surface area contributed by atoms with Gasteiger partial charge >= 0.3 is 0 Å². The number of hydrogen-bond donors (Lipinski definition) is 1. The van der Waals surface area contributed by atoms with E-state index in [0.717, 1.165) is 6.07 Å². The molecule has 5 nitrogen and oxygen atoms in total. The van der Waals surface area contributed by atoms with E-state index in [1.54, 1.807) is 0 Å². The highest BCUT2D eigenvalue weighted by Crippen LogP contribution is 2.22. The summed E-state index contributed by atoms with van der Waals surface area (Å²) in [7, 11) is 1.33. The summed E-state index contributed by atoms with van der Waals surface area (Å²) in [5.74, 6) is -0.714. The lowest BCUT2D eigenvalue weighted by Crippen LogP contribution is -2.14. The van der Waals surface area contributed by atoms with E-state index >= 15 is 0 Å². The molecule has 20 heavy (non-hydrogen) atoms. The van der Waals surface area contributed by atoms with E-state index < -0.39 is 11.7 Å². The zero-order valence-corrected chi connectivity index (χ0v) is 13.3. The predicted octanol–water partition coefficient (Wildman–Crippen LogP) is 3.40. The summed E-state index contributed by atoms with van der Waals surface area (Å²) >= 11 is 6.34. The van der Waals surface area contributed by atoms with Crippen LogP contribution in [0.5, 0.6) is 5.75 Å². The number of carbonyl (C=O) groups excluding carboxylic acids is 1. The molecule has 1 heterocycles. The number of rotatable bonds is 3. The van der Waals surface area contributed by atoms with Gasteiger partial charge in [0.25, 0.3) is 5.91 Å². The fourth-order valence-electron chi connectivity index (χ4n) is 1.41. The van der Waals surface area contributed by atoms with Crippen molar-refractivity contribution in [2.45, 2.75) is 0 Å². The van der Waals surface area contributed by atoms with Crippen LogP contribution in [0.4, 0.5) is 10.2 Å². The van der Waals surface area contributed by atoms with E-state index in [1.807, 2.05) is 0 Å². The van der Waals surface area contributed by atoms with Gasteiger partial charge in [0.15, 0.2) is 17.4 Å². The second-order valence-corrected chi connectivity index (χ2v) is 5.20. The van der Waals surface area contributed by atoms with Crippen LogP contribution in [0.15, 0.2) is 33.6 Å². The van der Waals surface area contributed by atoms with Crippen molar-refractivity contribution in [3.8, 4) is 5.75 Å². The number of benzene rings is 1. The third kappa shape index (κ3) is 3.31. The summed E-state index contributed by atoms with van der Waals surface area (Å²) in [6.07, 6.45) is 1.45. The highest BCUT2D eigenvalue weighted by atomic mass is 79.9. The zero-order chi connectivity index (χ0) is 14.7. The van der Waals surface area contributed by atoms with Gasteiger partial charge in [-0.15, -0.1) is 0 Å². The van der Waals surface area contributed by atoms with Crippen molar-refractivity contribution in [2.24, 2.45) is 0 Å². The van der Waals surface area contributed by atoms with Crippen LogP contribution in [0, 0.1) is 5.82 Å². The highest BCUT2D eigenvalue weighted by Gasteiger charge is 2.13. The van der Waals surface area contributed by atoms with Crippen LogP contribution in [0.25, 0.3) is 0 Å². The lowest BCUT2D eigenvalue weighted by Gasteiger charge is -2.07. The molecule has 0 spiro atoms. The van der Waals surface area contributed by atoms with Crippen LogP contribution in [0.3, 0.4) is 0 Å². The van der Waals surface area contributed by atoms with Crippen molar-refractivity contribution >= 4 is 43.6 Å². The van der Waals surface area contributed by atoms with Gasteiger partial charge < -0.3 is 10.1 Å². The molecule has 2 rings (SSSR count). The number of methoxy groups -OCH3 is 1. The van der Waals surface area contributed by atoms with Crippen molar-refractivity contribution in [2.75, 3.05) is 12.4 Å². The third-order valence-electron chi connectivity index (χ3n) is 2.35. The number of carbonyl (C=O) groups is 1. The molecule has 2 aromatic rings. The normalized spacial score (nSPS) is 10.2. The Kier molecular flexibility index (Phi) is 4.66. The lowest BCUT2D eigenvalue weighted by molar-refractivity contribution is 0.102. The number of ether oxygens (including phenoxy) is 1. The topological polar surface area (TPSA) is 64.1 Å². The van der Waals surface area contributed by atoms with Gasteiger partial charge in [-0.3, -0.25) is 4.79 Å². The van der Waals surface area contributed by atoms with Crippen LogP contribution in [0.1, 0.15) is 10.4 Å². The second kappa shape index (κ2) is 6.27. The fraction of sp³-hybridized carbons (Fsp3) is 0.0833.